The molecule has 0 saturated heterocycles. The van der Waals surface area contributed by atoms with Crippen LogP contribution in [0.15, 0.2) is 42.5 Å². The number of carbonyl (C=O) groups excluding carboxylic acids is 1. The number of nitrogens with zero attached hydrogens (tertiary/aromatic N) is 1. The smallest absolute Gasteiger partial charge is 0.311 e. The van der Waals surface area contributed by atoms with E-state index in [1.165, 1.54) is 25.3 Å². The van der Waals surface area contributed by atoms with E-state index in [1.54, 1.807) is 12.1 Å². The molecule has 9 heteroatoms. The fourth-order valence-corrected chi connectivity index (χ4v) is 2.67. The zero-order valence-corrected chi connectivity index (χ0v) is 15.4. The maximum Gasteiger partial charge on any atom is 0.311 e. The number of nitro benzene ring substituents is 1. The Morgan fingerprint density at radius 1 is 1.25 bits per heavy atom. The van der Waals surface area contributed by atoms with Gasteiger partial charge in [0, 0.05) is 12.1 Å². The van der Waals surface area contributed by atoms with Gasteiger partial charge in [-0.1, -0.05) is 24.3 Å². The third-order valence-electron chi connectivity index (χ3n) is 4.00. The number of nitrogens with one attached hydrogen (secondary N) is 1. The van der Waals surface area contributed by atoms with Crippen molar-refractivity contribution in [1.29, 1.82) is 0 Å². The molecule has 28 heavy (non-hydrogen) atoms. The molecule has 9 nitrogen and oxygen atoms in total. The molecule has 2 rings (SSSR count). The van der Waals surface area contributed by atoms with E-state index in [0.717, 1.165) is 5.56 Å². The van der Waals surface area contributed by atoms with Gasteiger partial charge in [-0.05, 0) is 24.1 Å². The number of carbonyl (C=O) groups is 2. The highest BCUT2D eigenvalue weighted by molar-refractivity contribution is 5.79. The van der Waals surface area contributed by atoms with Crippen LogP contribution in [0.1, 0.15) is 23.6 Å². The summed E-state index contributed by atoms with van der Waals surface area (Å²) in [5.41, 5.74) is 1.34. The number of carboxylic acids is 1. The molecule has 2 aromatic carbocycles. The summed E-state index contributed by atoms with van der Waals surface area (Å²) in [6, 6.07) is 10.3. The number of ether oxygens (including phenoxy) is 2. The molecule has 0 aliphatic heterocycles. The summed E-state index contributed by atoms with van der Waals surface area (Å²) in [6.45, 7) is 1.44. The summed E-state index contributed by atoms with van der Waals surface area (Å²) >= 11 is 0. The SMILES string of the molecule is COc1cc(OCC(=O)NC(CC(=O)O)c2ccccc2C)ccc1[N+](=O)[O-]. The van der Waals surface area contributed by atoms with E-state index < -0.39 is 22.8 Å². The first kappa shape index (κ1) is 20.7. The lowest BCUT2D eigenvalue weighted by Crippen LogP contribution is -2.34. The van der Waals surface area contributed by atoms with Crippen LogP contribution >= 0.6 is 0 Å². The second kappa shape index (κ2) is 9.36. The van der Waals surface area contributed by atoms with Crippen LogP contribution in [0.5, 0.6) is 11.5 Å². The highest BCUT2D eigenvalue weighted by atomic mass is 16.6. The highest BCUT2D eigenvalue weighted by Crippen LogP contribution is 2.30. The number of aliphatic carboxylic acids is 1. The van der Waals surface area contributed by atoms with Crippen LogP contribution < -0.4 is 14.8 Å². The van der Waals surface area contributed by atoms with E-state index in [2.05, 4.69) is 5.32 Å². The lowest BCUT2D eigenvalue weighted by atomic mass is 9.99. The Morgan fingerprint density at radius 3 is 2.57 bits per heavy atom. The normalized spacial score (nSPS) is 11.4. The topological polar surface area (TPSA) is 128 Å². The number of hydrogen-bond donors (Lipinski definition) is 2. The highest BCUT2D eigenvalue weighted by Gasteiger charge is 2.20. The van der Waals surface area contributed by atoms with E-state index >= 15 is 0 Å². The van der Waals surface area contributed by atoms with E-state index in [9.17, 15) is 19.7 Å². The second-order valence-corrected chi connectivity index (χ2v) is 5.95. The van der Waals surface area contributed by atoms with Gasteiger partial charge >= 0.3 is 11.7 Å². The molecule has 1 atom stereocenters. The first-order chi connectivity index (χ1) is 13.3. The van der Waals surface area contributed by atoms with E-state index in [1.807, 2.05) is 19.1 Å². The number of aryl methyl sites for hydroxylation is 1. The zero-order chi connectivity index (χ0) is 20.7. The first-order valence-electron chi connectivity index (χ1n) is 8.33. The average Bonchev–Trinajstić information content (AvgIpc) is 2.65. The summed E-state index contributed by atoms with van der Waals surface area (Å²) in [4.78, 5) is 33.7. The molecule has 0 bridgehead atoms. The monoisotopic (exact) mass is 388 g/mol. The Kier molecular flexibility index (Phi) is 6.91. The largest absolute Gasteiger partial charge is 0.490 e. The Labute approximate surface area is 161 Å². The number of amides is 1. The number of hydrogen-bond acceptors (Lipinski definition) is 6. The molecule has 0 saturated carbocycles. The predicted molar refractivity (Wildman–Crippen MR) is 99.5 cm³/mol. The molecule has 0 heterocycles. The van der Waals surface area contributed by atoms with Crippen molar-refractivity contribution < 1.29 is 29.1 Å². The van der Waals surface area contributed by atoms with Gasteiger partial charge < -0.3 is 19.9 Å². The Balaban J connectivity index is 2.06. The average molecular weight is 388 g/mol. The van der Waals surface area contributed by atoms with Crippen LogP contribution in [0, 0.1) is 17.0 Å². The third-order valence-corrected chi connectivity index (χ3v) is 4.00. The molecule has 148 valence electrons. The van der Waals surface area contributed by atoms with Gasteiger partial charge in [-0.25, -0.2) is 0 Å². The maximum atomic E-state index is 12.3. The van der Waals surface area contributed by atoms with Crippen LogP contribution in [-0.4, -0.2) is 35.6 Å². The maximum absolute atomic E-state index is 12.3. The summed E-state index contributed by atoms with van der Waals surface area (Å²) in [6.07, 6.45) is -0.276. The van der Waals surface area contributed by atoms with Crippen molar-refractivity contribution in [2.75, 3.05) is 13.7 Å². The Hall–Kier alpha value is -3.62. The third kappa shape index (κ3) is 5.44. The fraction of sp³-hybridized carbons (Fsp3) is 0.263. The molecule has 2 N–H and O–H groups in total. The van der Waals surface area contributed by atoms with E-state index in [0.29, 0.717) is 5.56 Å². The predicted octanol–water partition coefficient (Wildman–Crippen LogP) is 2.62. The van der Waals surface area contributed by atoms with Crippen molar-refractivity contribution in [3.05, 3.63) is 63.7 Å². The fourth-order valence-electron chi connectivity index (χ4n) is 2.67. The van der Waals surface area contributed by atoms with Crippen LogP contribution in [0.3, 0.4) is 0 Å². The summed E-state index contributed by atoms with van der Waals surface area (Å²) < 4.78 is 10.3. The van der Waals surface area contributed by atoms with E-state index in [4.69, 9.17) is 14.6 Å². The van der Waals surface area contributed by atoms with Gasteiger partial charge in [0.1, 0.15) is 5.75 Å². The van der Waals surface area contributed by atoms with Crippen LogP contribution in [-0.2, 0) is 9.59 Å². The van der Waals surface area contributed by atoms with Crippen molar-refractivity contribution >= 4 is 17.6 Å². The van der Waals surface area contributed by atoms with Gasteiger partial charge in [-0.15, -0.1) is 0 Å². The number of methoxy groups -OCH3 is 1. The summed E-state index contributed by atoms with van der Waals surface area (Å²) in [5, 5.41) is 22.7. The molecule has 0 aromatic heterocycles. The lowest BCUT2D eigenvalue weighted by Gasteiger charge is -2.19. The first-order valence-corrected chi connectivity index (χ1v) is 8.33. The molecule has 1 amide bonds. The lowest BCUT2D eigenvalue weighted by molar-refractivity contribution is -0.385. The van der Waals surface area contributed by atoms with Gasteiger partial charge in [-0.2, -0.15) is 0 Å². The van der Waals surface area contributed by atoms with Gasteiger partial charge in [0.2, 0.25) is 5.75 Å². The standard InChI is InChI=1S/C19H20N2O7/c1-12-5-3-4-6-14(12)15(10-19(23)24)20-18(22)11-28-13-7-8-16(21(25)26)17(9-13)27-2/h3-9,15H,10-11H2,1-2H3,(H,20,22)(H,23,24). The number of carboxylic acid groups (broad SMARTS) is 1. The summed E-state index contributed by atoms with van der Waals surface area (Å²) in [7, 11) is 1.29. The minimum Gasteiger partial charge on any atom is -0.490 e. The van der Waals surface area contributed by atoms with Gasteiger partial charge in [-0.3, -0.25) is 19.7 Å². The Morgan fingerprint density at radius 2 is 1.96 bits per heavy atom. The molecule has 0 fully saturated rings. The minimum atomic E-state index is -1.05. The number of rotatable bonds is 9. The molecule has 0 radical (unpaired) electrons. The number of benzene rings is 2. The van der Waals surface area contributed by atoms with Gasteiger partial charge in [0.05, 0.1) is 24.5 Å². The van der Waals surface area contributed by atoms with Crippen LogP contribution in [0.2, 0.25) is 0 Å². The van der Waals surface area contributed by atoms with Crippen molar-refractivity contribution in [1.82, 2.24) is 5.32 Å². The number of nitro groups is 1. The summed E-state index contributed by atoms with van der Waals surface area (Å²) in [5.74, 6) is -1.35. The molecule has 2 aromatic rings. The van der Waals surface area contributed by atoms with Crippen molar-refractivity contribution in [3.8, 4) is 11.5 Å². The molecule has 0 spiro atoms. The quantitative estimate of drug-likeness (QED) is 0.499. The van der Waals surface area contributed by atoms with Crippen molar-refractivity contribution in [2.45, 2.75) is 19.4 Å². The molecule has 0 aliphatic carbocycles. The van der Waals surface area contributed by atoms with Crippen LogP contribution in [0.4, 0.5) is 5.69 Å². The van der Waals surface area contributed by atoms with Crippen molar-refractivity contribution in [3.63, 3.8) is 0 Å². The zero-order valence-electron chi connectivity index (χ0n) is 15.4. The van der Waals surface area contributed by atoms with Crippen molar-refractivity contribution in [2.24, 2.45) is 0 Å². The molecule has 0 aliphatic rings. The van der Waals surface area contributed by atoms with E-state index in [-0.39, 0.29) is 30.2 Å². The molecular weight excluding hydrogens is 368 g/mol. The van der Waals surface area contributed by atoms with Gasteiger partial charge in [0.25, 0.3) is 5.91 Å². The molecular formula is C19H20N2O7. The van der Waals surface area contributed by atoms with Crippen LogP contribution in [0.25, 0.3) is 0 Å². The minimum absolute atomic E-state index is 0.00609. The van der Waals surface area contributed by atoms with Gasteiger partial charge in [0.15, 0.2) is 6.61 Å². The Bertz CT molecular complexity index is 882. The second-order valence-electron chi connectivity index (χ2n) is 5.95. The molecule has 1 unspecified atom stereocenters.